The van der Waals surface area contributed by atoms with Gasteiger partial charge in [-0.05, 0) is 47.5 Å². The van der Waals surface area contributed by atoms with Crippen LogP contribution in [0.1, 0.15) is 21.5 Å². The first-order valence-electron chi connectivity index (χ1n) is 9.34. The minimum absolute atomic E-state index is 0.0103. The van der Waals surface area contributed by atoms with Crippen LogP contribution in [0.5, 0.6) is 0 Å². The van der Waals surface area contributed by atoms with E-state index in [9.17, 15) is 9.59 Å². The smallest absolute Gasteiger partial charge is 0.251 e. The number of anilines is 1. The minimum Gasteiger partial charge on any atom is -0.348 e. The molecule has 4 rings (SSSR count). The predicted octanol–water partition coefficient (Wildman–Crippen LogP) is 5.56. The van der Waals surface area contributed by atoms with Crippen molar-refractivity contribution >= 4 is 52.5 Å². The number of nitrogens with zero attached hydrogens (tertiary/aromatic N) is 1. The Morgan fingerprint density at radius 3 is 2.57 bits per heavy atom. The fourth-order valence-electron chi connectivity index (χ4n) is 3.21. The molecule has 30 heavy (non-hydrogen) atoms. The second kappa shape index (κ2) is 9.13. The number of rotatable bonds is 5. The summed E-state index contributed by atoms with van der Waals surface area (Å²) in [5.41, 5.74) is 3.06. The maximum Gasteiger partial charge on any atom is 0.251 e. The summed E-state index contributed by atoms with van der Waals surface area (Å²) in [7, 11) is 0. The third-order valence-electron chi connectivity index (χ3n) is 4.82. The third-order valence-corrected chi connectivity index (χ3v) is 6.48. The molecular weight excluding hydrogens is 439 g/mol. The number of halogens is 2. The van der Waals surface area contributed by atoms with Crippen molar-refractivity contribution in [1.82, 2.24) is 5.32 Å². The highest BCUT2D eigenvalue weighted by Crippen LogP contribution is 2.37. The van der Waals surface area contributed by atoms with E-state index in [1.165, 1.54) is 11.8 Å². The molecular formula is C23H18Cl2N2O2S. The van der Waals surface area contributed by atoms with Crippen LogP contribution in [0, 0.1) is 0 Å². The van der Waals surface area contributed by atoms with Gasteiger partial charge in [-0.15, -0.1) is 11.8 Å². The Morgan fingerprint density at radius 2 is 1.80 bits per heavy atom. The highest BCUT2D eigenvalue weighted by Gasteiger charge is 2.26. The number of hydrogen-bond acceptors (Lipinski definition) is 3. The number of fused-ring (bicyclic) bond motifs is 1. The molecule has 0 bridgehead atoms. The minimum atomic E-state index is -0.216. The van der Waals surface area contributed by atoms with Crippen molar-refractivity contribution < 1.29 is 9.59 Å². The number of hydrogen-bond donors (Lipinski definition) is 1. The first-order chi connectivity index (χ1) is 14.5. The average molecular weight is 457 g/mol. The topological polar surface area (TPSA) is 49.4 Å². The van der Waals surface area contributed by atoms with E-state index in [4.69, 9.17) is 23.2 Å². The average Bonchev–Trinajstić information content (AvgIpc) is 2.76. The van der Waals surface area contributed by atoms with Crippen LogP contribution in [0.15, 0.2) is 71.6 Å². The summed E-state index contributed by atoms with van der Waals surface area (Å²) in [6, 6.07) is 20.3. The summed E-state index contributed by atoms with van der Waals surface area (Å²) in [6.45, 7) is 0.756. The molecule has 0 aliphatic carbocycles. The molecule has 2 amide bonds. The van der Waals surface area contributed by atoms with E-state index in [2.05, 4.69) is 5.32 Å². The highest BCUT2D eigenvalue weighted by atomic mass is 35.5. The SMILES string of the molecule is O=C(NCc1ccccc1Cl)c1ccc2c(c1)N(Cc1ccc(Cl)cc1)C(=O)CS2. The van der Waals surface area contributed by atoms with Crippen molar-refractivity contribution in [3.8, 4) is 0 Å². The number of thioether (sulfide) groups is 1. The molecule has 0 saturated heterocycles. The van der Waals surface area contributed by atoms with Crippen molar-refractivity contribution in [3.05, 3.63) is 93.5 Å². The number of carbonyl (C=O) groups excluding carboxylic acids is 2. The molecule has 4 nitrogen and oxygen atoms in total. The van der Waals surface area contributed by atoms with Crippen molar-refractivity contribution in [2.75, 3.05) is 10.7 Å². The van der Waals surface area contributed by atoms with Gasteiger partial charge in [-0.25, -0.2) is 0 Å². The summed E-state index contributed by atoms with van der Waals surface area (Å²) in [6.07, 6.45) is 0. The van der Waals surface area contributed by atoms with E-state index in [0.717, 1.165) is 21.7 Å². The van der Waals surface area contributed by atoms with Crippen LogP contribution < -0.4 is 10.2 Å². The molecule has 0 fully saturated rings. The summed E-state index contributed by atoms with van der Waals surface area (Å²) in [4.78, 5) is 28.0. The molecule has 3 aromatic carbocycles. The van der Waals surface area contributed by atoms with Crippen molar-refractivity contribution in [3.63, 3.8) is 0 Å². The van der Waals surface area contributed by atoms with Gasteiger partial charge in [0.05, 0.1) is 18.0 Å². The number of carbonyl (C=O) groups is 2. The van der Waals surface area contributed by atoms with Gasteiger partial charge in [0.2, 0.25) is 5.91 Å². The van der Waals surface area contributed by atoms with Crippen molar-refractivity contribution in [2.24, 2.45) is 0 Å². The summed E-state index contributed by atoms with van der Waals surface area (Å²) >= 11 is 13.6. The monoisotopic (exact) mass is 456 g/mol. The molecule has 0 radical (unpaired) electrons. The highest BCUT2D eigenvalue weighted by molar-refractivity contribution is 8.00. The van der Waals surface area contributed by atoms with Crippen LogP contribution in [0.3, 0.4) is 0 Å². The largest absolute Gasteiger partial charge is 0.348 e. The lowest BCUT2D eigenvalue weighted by Crippen LogP contribution is -2.35. The van der Waals surface area contributed by atoms with Gasteiger partial charge in [0.15, 0.2) is 0 Å². The van der Waals surface area contributed by atoms with E-state index < -0.39 is 0 Å². The maximum atomic E-state index is 12.7. The van der Waals surface area contributed by atoms with E-state index in [-0.39, 0.29) is 11.8 Å². The van der Waals surface area contributed by atoms with E-state index >= 15 is 0 Å². The van der Waals surface area contributed by atoms with Crippen LogP contribution in [0.2, 0.25) is 10.0 Å². The molecule has 7 heteroatoms. The standard InChI is InChI=1S/C23H18Cl2N2O2S/c24-18-8-5-15(6-9-18)13-27-20-11-16(7-10-21(20)30-14-22(27)28)23(29)26-12-17-3-1-2-4-19(17)25/h1-11H,12-14H2,(H,26,29). The fourth-order valence-corrected chi connectivity index (χ4v) is 4.45. The van der Waals surface area contributed by atoms with E-state index in [1.54, 1.807) is 35.2 Å². The molecule has 1 aliphatic heterocycles. The quantitative estimate of drug-likeness (QED) is 0.546. The van der Waals surface area contributed by atoms with Crippen molar-refractivity contribution in [2.45, 2.75) is 18.0 Å². The molecule has 0 spiro atoms. The summed E-state index contributed by atoms with van der Waals surface area (Å²) in [5.74, 6) is 0.168. The lowest BCUT2D eigenvalue weighted by Gasteiger charge is -2.29. The maximum absolute atomic E-state index is 12.7. The lowest BCUT2D eigenvalue weighted by atomic mass is 10.1. The Hall–Kier alpha value is -2.47. The van der Waals surface area contributed by atoms with E-state index in [1.807, 2.05) is 36.4 Å². The molecule has 152 valence electrons. The number of nitrogens with one attached hydrogen (secondary N) is 1. The lowest BCUT2D eigenvalue weighted by molar-refractivity contribution is -0.116. The Balaban J connectivity index is 1.55. The van der Waals surface area contributed by atoms with Crippen molar-refractivity contribution in [1.29, 1.82) is 0 Å². The molecule has 1 N–H and O–H groups in total. The van der Waals surface area contributed by atoms with Crippen LogP contribution in [0.25, 0.3) is 0 Å². The zero-order valence-corrected chi connectivity index (χ0v) is 18.2. The molecule has 3 aromatic rings. The Labute approximate surface area is 189 Å². The van der Waals surface area contributed by atoms with Gasteiger partial charge in [0, 0.05) is 27.0 Å². The Kier molecular flexibility index (Phi) is 6.32. The molecule has 0 unspecified atom stereocenters. The van der Waals surface area contributed by atoms with Gasteiger partial charge in [0.1, 0.15) is 0 Å². The van der Waals surface area contributed by atoms with Crippen LogP contribution in [-0.2, 0) is 17.9 Å². The zero-order valence-electron chi connectivity index (χ0n) is 15.9. The van der Waals surface area contributed by atoms with Gasteiger partial charge >= 0.3 is 0 Å². The number of amides is 2. The van der Waals surface area contributed by atoms with Gasteiger partial charge in [-0.2, -0.15) is 0 Å². The molecule has 1 heterocycles. The second-order valence-corrected chi connectivity index (χ2v) is 8.71. The Bertz CT molecular complexity index is 1100. The molecule has 0 saturated carbocycles. The fraction of sp³-hybridized carbons (Fsp3) is 0.130. The normalized spacial score (nSPS) is 13.1. The predicted molar refractivity (Wildman–Crippen MR) is 122 cm³/mol. The molecule has 0 aromatic heterocycles. The summed E-state index contributed by atoms with van der Waals surface area (Å²) < 4.78 is 0. The first-order valence-corrected chi connectivity index (χ1v) is 11.1. The van der Waals surface area contributed by atoms with Crippen LogP contribution in [0.4, 0.5) is 5.69 Å². The molecule has 1 aliphatic rings. The Morgan fingerprint density at radius 1 is 1.03 bits per heavy atom. The molecule has 0 atom stereocenters. The van der Waals surface area contributed by atoms with E-state index in [0.29, 0.717) is 34.5 Å². The van der Waals surface area contributed by atoms with Crippen LogP contribution >= 0.6 is 35.0 Å². The van der Waals surface area contributed by atoms with Gasteiger partial charge in [-0.3, -0.25) is 9.59 Å². The van der Waals surface area contributed by atoms with Crippen LogP contribution in [-0.4, -0.2) is 17.6 Å². The van der Waals surface area contributed by atoms with Gasteiger partial charge < -0.3 is 10.2 Å². The third kappa shape index (κ3) is 4.64. The summed E-state index contributed by atoms with van der Waals surface area (Å²) in [5, 5.41) is 4.16. The van der Waals surface area contributed by atoms with Gasteiger partial charge in [0.25, 0.3) is 5.91 Å². The first kappa shape index (κ1) is 20.8. The second-order valence-electron chi connectivity index (χ2n) is 6.85. The van der Waals surface area contributed by atoms with Gasteiger partial charge in [-0.1, -0.05) is 53.5 Å². The zero-order chi connectivity index (χ0) is 21.1. The number of benzene rings is 3.